The Labute approximate surface area is 182 Å². The molecule has 0 saturated carbocycles. The van der Waals surface area contributed by atoms with Crippen molar-refractivity contribution in [2.24, 2.45) is 14.1 Å². The molecule has 0 spiro atoms. The zero-order valence-corrected chi connectivity index (χ0v) is 18.7. The van der Waals surface area contributed by atoms with E-state index < -0.39 is 0 Å². The zero-order chi connectivity index (χ0) is 21.4. The van der Waals surface area contributed by atoms with Crippen molar-refractivity contribution in [1.82, 2.24) is 28.2 Å². The molecule has 1 aromatic carbocycles. The lowest BCUT2D eigenvalue weighted by molar-refractivity contribution is 0.593. The predicted octanol–water partition coefficient (Wildman–Crippen LogP) is 3.03. The Bertz CT molecular complexity index is 1350. The molecule has 0 radical (unpaired) electrons. The molecule has 0 N–H and O–H groups in total. The maximum atomic E-state index is 12.8. The van der Waals surface area contributed by atoms with Crippen molar-refractivity contribution >= 4 is 45.6 Å². The van der Waals surface area contributed by atoms with Crippen LogP contribution in [0.2, 0.25) is 5.02 Å². The third-order valence-corrected chi connectivity index (χ3v) is 6.38. The van der Waals surface area contributed by atoms with Gasteiger partial charge in [-0.25, -0.2) is 14.8 Å². The van der Waals surface area contributed by atoms with Gasteiger partial charge in [0.15, 0.2) is 16.3 Å². The minimum atomic E-state index is -0.343. The van der Waals surface area contributed by atoms with Crippen molar-refractivity contribution in [3.8, 4) is 0 Å². The smallest absolute Gasteiger partial charge is 0.328 e. The molecule has 0 aliphatic rings. The summed E-state index contributed by atoms with van der Waals surface area (Å²) in [5.41, 5.74) is 2.15. The van der Waals surface area contributed by atoms with Crippen LogP contribution in [-0.4, -0.2) is 34.0 Å². The minimum absolute atomic E-state index is 0.300. The lowest BCUT2D eigenvalue weighted by Gasteiger charge is -2.09. The monoisotopic (exact) mass is 446 g/mol. The van der Waals surface area contributed by atoms with E-state index in [1.807, 2.05) is 18.2 Å². The second kappa shape index (κ2) is 8.31. The molecule has 0 unspecified atom stereocenters. The van der Waals surface area contributed by atoms with Gasteiger partial charge in [-0.1, -0.05) is 30.3 Å². The standard InChI is InChI=1S/C20H23ClN6O2S/c1-4-8-26-15-7-6-13(21)11-14(15)23-19(26)30-10-5-9-27-18(28)16-17(22-12-24(16)2)25(3)20(27)29/h6-7,11-12H,4-5,8-10H2,1-3H3. The highest BCUT2D eigenvalue weighted by atomic mass is 35.5. The molecular formula is C20H23ClN6O2S. The summed E-state index contributed by atoms with van der Waals surface area (Å²) in [4.78, 5) is 34.3. The Morgan fingerprint density at radius 2 is 1.93 bits per heavy atom. The van der Waals surface area contributed by atoms with Crippen molar-refractivity contribution < 1.29 is 0 Å². The summed E-state index contributed by atoms with van der Waals surface area (Å²) < 4.78 is 6.57. The Hall–Kier alpha value is -2.52. The number of hydrogen-bond donors (Lipinski definition) is 0. The number of thioether (sulfide) groups is 1. The number of fused-ring (bicyclic) bond motifs is 2. The molecule has 10 heteroatoms. The van der Waals surface area contributed by atoms with Crippen LogP contribution in [0.1, 0.15) is 19.8 Å². The van der Waals surface area contributed by atoms with Gasteiger partial charge < -0.3 is 9.13 Å². The Morgan fingerprint density at radius 1 is 1.13 bits per heavy atom. The topological polar surface area (TPSA) is 79.6 Å². The minimum Gasteiger partial charge on any atom is -0.328 e. The molecule has 3 heterocycles. The summed E-state index contributed by atoms with van der Waals surface area (Å²) >= 11 is 7.74. The summed E-state index contributed by atoms with van der Waals surface area (Å²) in [6.07, 6.45) is 3.22. The number of imidazole rings is 2. The normalized spacial score (nSPS) is 11.7. The van der Waals surface area contributed by atoms with E-state index in [4.69, 9.17) is 16.6 Å². The summed E-state index contributed by atoms with van der Waals surface area (Å²) in [7, 11) is 3.40. The van der Waals surface area contributed by atoms with Crippen molar-refractivity contribution in [3.05, 3.63) is 50.4 Å². The summed E-state index contributed by atoms with van der Waals surface area (Å²) in [5, 5.41) is 1.59. The Morgan fingerprint density at radius 3 is 2.70 bits per heavy atom. The molecule has 158 valence electrons. The number of hydrogen-bond acceptors (Lipinski definition) is 5. The van der Waals surface area contributed by atoms with Crippen LogP contribution in [0.3, 0.4) is 0 Å². The van der Waals surface area contributed by atoms with Gasteiger partial charge in [-0.3, -0.25) is 13.9 Å². The third kappa shape index (κ3) is 3.56. The first-order chi connectivity index (χ1) is 14.4. The van der Waals surface area contributed by atoms with Crippen LogP contribution in [0.25, 0.3) is 22.2 Å². The van der Waals surface area contributed by atoms with Crippen LogP contribution >= 0.6 is 23.4 Å². The van der Waals surface area contributed by atoms with Crippen LogP contribution < -0.4 is 11.2 Å². The van der Waals surface area contributed by atoms with Crippen molar-refractivity contribution in [2.75, 3.05) is 5.75 Å². The highest BCUT2D eigenvalue weighted by molar-refractivity contribution is 7.99. The van der Waals surface area contributed by atoms with Gasteiger partial charge in [-0.2, -0.15) is 0 Å². The van der Waals surface area contributed by atoms with Crippen LogP contribution in [-0.2, 0) is 27.2 Å². The van der Waals surface area contributed by atoms with Crippen molar-refractivity contribution in [1.29, 1.82) is 0 Å². The molecule has 0 aliphatic heterocycles. The van der Waals surface area contributed by atoms with Crippen molar-refractivity contribution in [2.45, 2.75) is 38.0 Å². The molecule has 3 aromatic heterocycles. The van der Waals surface area contributed by atoms with Gasteiger partial charge >= 0.3 is 5.69 Å². The fourth-order valence-corrected chi connectivity index (χ4v) is 4.74. The lowest BCUT2D eigenvalue weighted by atomic mass is 10.3. The maximum Gasteiger partial charge on any atom is 0.332 e. The molecule has 0 aliphatic carbocycles. The quantitative estimate of drug-likeness (QED) is 0.322. The molecular weight excluding hydrogens is 424 g/mol. The number of aromatic nitrogens is 6. The van der Waals surface area contributed by atoms with Gasteiger partial charge in [0.25, 0.3) is 5.56 Å². The Kier molecular flexibility index (Phi) is 5.75. The molecule has 30 heavy (non-hydrogen) atoms. The largest absolute Gasteiger partial charge is 0.332 e. The predicted molar refractivity (Wildman–Crippen MR) is 121 cm³/mol. The SMILES string of the molecule is CCCn1c(SCCCn2c(=O)c3c(ncn3C)n(C)c2=O)nc2cc(Cl)ccc21. The molecule has 4 aromatic rings. The third-order valence-electron chi connectivity index (χ3n) is 5.08. The molecule has 8 nitrogen and oxygen atoms in total. The second-order valence-electron chi connectivity index (χ2n) is 7.21. The molecule has 4 rings (SSSR count). The van der Waals surface area contributed by atoms with E-state index in [2.05, 4.69) is 16.5 Å². The Balaban J connectivity index is 1.54. The molecule has 0 fully saturated rings. The van der Waals surface area contributed by atoms with Gasteiger partial charge in [-0.15, -0.1) is 0 Å². The van der Waals surface area contributed by atoms with Crippen LogP contribution in [0.5, 0.6) is 0 Å². The highest BCUT2D eigenvalue weighted by Crippen LogP contribution is 2.27. The van der Waals surface area contributed by atoms with Crippen LogP contribution in [0, 0.1) is 0 Å². The first-order valence-corrected chi connectivity index (χ1v) is 11.2. The average Bonchev–Trinajstić information content (AvgIpc) is 3.26. The van der Waals surface area contributed by atoms with Crippen LogP contribution in [0.4, 0.5) is 0 Å². The summed E-state index contributed by atoms with van der Waals surface area (Å²) in [6.45, 7) is 3.35. The lowest BCUT2D eigenvalue weighted by Crippen LogP contribution is -2.39. The fraction of sp³-hybridized carbons (Fsp3) is 0.400. The highest BCUT2D eigenvalue weighted by Gasteiger charge is 2.15. The summed E-state index contributed by atoms with van der Waals surface area (Å²) in [5.74, 6) is 0.736. The number of benzene rings is 1. The zero-order valence-electron chi connectivity index (χ0n) is 17.1. The van der Waals surface area contributed by atoms with E-state index >= 15 is 0 Å². The molecule has 0 saturated heterocycles. The number of rotatable bonds is 7. The molecule has 0 amide bonds. The number of halogens is 1. The van der Waals surface area contributed by atoms with Gasteiger partial charge in [0, 0.05) is 38.0 Å². The molecule has 0 atom stereocenters. The van der Waals surface area contributed by atoms with Gasteiger partial charge in [0.1, 0.15) is 0 Å². The average molecular weight is 447 g/mol. The van der Waals surface area contributed by atoms with Gasteiger partial charge in [-0.05, 0) is 31.0 Å². The van der Waals surface area contributed by atoms with E-state index in [-0.39, 0.29) is 11.2 Å². The first kappa shape index (κ1) is 20.7. The van der Waals surface area contributed by atoms with E-state index in [0.717, 1.165) is 34.9 Å². The van der Waals surface area contributed by atoms with Crippen LogP contribution in [0.15, 0.2) is 39.3 Å². The van der Waals surface area contributed by atoms with E-state index in [1.54, 1.807) is 36.8 Å². The summed E-state index contributed by atoms with van der Waals surface area (Å²) in [6, 6.07) is 5.75. The van der Waals surface area contributed by atoms with E-state index in [0.29, 0.717) is 29.2 Å². The number of nitrogens with zero attached hydrogens (tertiary/aromatic N) is 6. The number of aryl methyl sites for hydroxylation is 3. The van der Waals surface area contributed by atoms with E-state index in [1.165, 1.54) is 9.13 Å². The second-order valence-corrected chi connectivity index (χ2v) is 8.71. The fourth-order valence-electron chi connectivity index (χ4n) is 3.61. The van der Waals surface area contributed by atoms with Gasteiger partial charge in [0.05, 0.1) is 17.4 Å². The van der Waals surface area contributed by atoms with E-state index in [9.17, 15) is 9.59 Å². The molecule has 0 bridgehead atoms. The first-order valence-electron chi connectivity index (χ1n) is 9.81. The van der Waals surface area contributed by atoms with Crippen molar-refractivity contribution in [3.63, 3.8) is 0 Å². The van der Waals surface area contributed by atoms with Gasteiger partial charge in [0.2, 0.25) is 0 Å². The maximum absolute atomic E-state index is 12.8.